The number of nitrogens with two attached hydrogens (primary N) is 1. The molecule has 0 spiro atoms. The lowest BCUT2D eigenvalue weighted by molar-refractivity contribution is -0.118. The highest BCUT2D eigenvalue weighted by Crippen LogP contribution is 2.19. The fourth-order valence-corrected chi connectivity index (χ4v) is 3.18. The van der Waals surface area contributed by atoms with Crippen LogP contribution in [0.4, 0.5) is 5.69 Å². The summed E-state index contributed by atoms with van der Waals surface area (Å²) in [6.07, 6.45) is 2.43. The summed E-state index contributed by atoms with van der Waals surface area (Å²) in [5.74, 6) is -0.00760. The largest absolute Gasteiger partial charge is 0.330 e. The summed E-state index contributed by atoms with van der Waals surface area (Å²) in [6.45, 7) is 1.34. The molecule has 1 atom stereocenters. The molecule has 0 saturated carbocycles. The Morgan fingerprint density at radius 1 is 0.926 bits per heavy atom. The molecule has 3 aromatic rings. The molecule has 4 nitrogen and oxygen atoms in total. The van der Waals surface area contributed by atoms with E-state index in [2.05, 4.69) is 34.9 Å². The van der Waals surface area contributed by atoms with Crippen molar-refractivity contribution in [3.05, 3.63) is 78.4 Å². The van der Waals surface area contributed by atoms with Gasteiger partial charge in [-0.1, -0.05) is 60.7 Å². The van der Waals surface area contributed by atoms with Crippen molar-refractivity contribution in [2.45, 2.75) is 25.3 Å². The van der Waals surface area contributed by atoms with Gasteiger partial charge in [0.2, 0.25) is 5.91 Å². The van der Waals surface area contributed by atoms with E-state index in [1.54, 1.807) is 0 Å². The molecule has 0 aliphatic heterocycles. The van der Waals surface area contributed by atoms with E-state index in [0.717, 1.165) is 42.3 Å². The van der Waals surface area contributed by atoms with Crippen LogP contribution in [0, 0.1) is 0 Å². The van der Waals surface area contributed by atoms with Gasteiger partial charge in [0.05, 0.1) is 6.04 Å². The molecule has 0 radical (unpaired) electrons. The number of benzene rings is 3. The van der Waals surface area contributed by atoms with Crippen molar-refractivity contribution in [3.63, 3.8) is 0 Å². The zero-order valence-electron chi connectivity index (χ0n) is 15.5. The van der Waals surface area contributed by atoms with Crippen LogP contribution in [0.1, 0.15) is 18.4 Å². The van der Waals surface area contributed by atoms with Gasteiger partial charge in [-0.15, -0.1) is 0 Å². The van der Waals surface area contributed by atoms with Crippen molar-refractivity contribution in [2.75, 3.05) is 18.4 Å². The highest BCUT2D eigenvalue weighted by Gasteiger charge is 2.17. The maximum Gasteiger partial charge on any atom is 0.241 e. The molecule has 0 bridgehead atoms. The summed E-state index contributed by atoms with van der Waals surface area (Å²) < 4.78 is 0. The molecule has 4 N–H and O–H groups in total. The molecular formula is C23H27N3O. The van der Waals surface area contributed by atoms with Crippen LogP contribution in [-0.2, 0) is 11.2 Å². The quantitative estimate of drug-likeness (QED) is 0.544. The third kappa shape index (κ3) is 5.64. The Labute approximate surface area is 160 Å². The fraction of sp³-hybridized carbons (Fsp3) is 0.261. The number of nitrogens with one attached hydrogen (secondary N) is 2. The summed E-state index contributed by atoms with van der Waals surface area (Å²) in [5, 5.41) is 8.72. The molecule has 0 aliphatic carbocycles. The van der Waals surface area contributed by atoms with Gasteiger partial charge >= 0.3 is 0 Å². The molecule has 0 heterocycles. The number of fused-ring (bicyclic) bond motifs is 1. The molecule has 0 fully saturated rings. The van der Waals surface area contributed by atoms with Crippen LogP contribution in [-0.4, -0.2) is 25.0 Å². The predicted octanol–water partition coefficient (Wildman–Crippen LogP) is 3.72. The van der Waals surface area contributed by atoms with Crippen LogP contribution in [0.3, 0.4) is 0 Å². The molecular weight excluding hydrogens is 334 g/mol. The molecule has 0 aliphatic rings. The van der Waals surface area contributed by atoms with E-state index >= 15 is 0 Å². The Hall–Kier alpha value is -2.69. The fourth-order valence-electron chi connectivity index (χ4n) is 3.18. The first-order valence-corrected chi connectivity index (χ1v) is 9.53. The van der Waals surface area contributed by atoms with Crippen LogP contribution >= 0.6 is 0 Å². The second-order valence-electron chi connectivity index (χ2n) is 6.72. The molecule has 0 saturated heterocycles. The monoisotopic (exact) mass is 361 g/mol. The molecule has 27 heavy (non-hydrogen) atoms. The lowest BCUT2D eigenvalue weighted by atomic mass is 10.1. The zero-order chi connectivity index (χ0) is 18.9. The first kappa shape index (κ1) is 19.1. The second kappa shape index (κ2) is 9.86. The molecule has 1 amide bonds. The topological polar surface area (TPSA) is 67.1 Å². The average Bonchev–Trinajstić information content (AvgIpc) is 2.71. The Bertz CT molecular complexity index is 864. The number of carbonyl (C=O) groups is 1. The number of anilines is 1. The van der Waals surface area contributed by atoms with Crippen LogP contribution in [0.25, 0.3) is 10.8 Å². The third-order valence-corrected chi connectivity index (χ3v) is 4.68. The van der Waals surface area contributed by atoms with Crippen molar-refractivity contribution in [3.8, 4) is 0 Å². The zero-order valence-corrected chi connectivity index (χ0v) is 15.5. The number of hydrogen-bond donors (Lipinski definition) is 3. The van der Waals surface area contributed by atoms with E-state index in [4.69, 9.17) is 5.73 Å². The Morgan fingerprint density at radius 2 is 1.67 bits per heavy atom. The SMILES string of the molecule is NCCC[C@H](NCCc1ccccc1)C(=O)Nc1ccc2ccccc2c1. The van der Waals surface area contributed by atoms with E-state index in [1.165, 1.54) is 5.56 Å². The van der Waals surface area contributed by atoms with Crippen molar-refractivity contribution in [2.24, 2.45) is 5.73 Å². The Balaban J connectivity index is 1.61. The van der Waals surface area contributed by atoms with E-state index in [9.17, 15) is 4.79 Å². The highest BCUT2D eigenvalue weighted by atomic mass is 16.2. The van der Waals surface area contributed by atoms with Gasteiger partial charge in [0.15, 0.2) is 0 Å². The Morgan fingerprint density at radius 3 is 2.44 bits per heavy atom. The highest BCUT2D eigenvalue weighted by molar-refractivity contribution is 5.97. The van der Waals surface area contributed by atoms with Gasteiger partial charge in [0.1, 0.15) is 0 Å². The molecule has 0 unspecified atom stereocenters. The number of carbonyl (C=O) groups excluding carboxylic acids is 1. The van der Waals surface area contributed by atoms with E-state index < -0.39 is 0 Å². The first-order valence-electron chi connectivity index (χ1n) is 9.53. The van der Waals surface area contributed by atoms with Gasteiger partial charge < -0.3 is 16.4 Å². The van der Waals surface area contributed by atoms with Crippen LogP contribution in [0.15, 0.2) is 72.8 Å². The van der Waals surface area contributed by atoms with Gasteiger partial charge in [0.25, 0.3) is 0 Å². The normalized spacial score (nSPS) is 12.0. The van der Waals surface area contributed by atoms with E-state index in [-0.39, 0.29) is 11.9 Å². The smallest absolute Gasteiger partial charge is 0.241 e. The van der Waals surface area contributed by atoms with Gasteiger partial charge in [-0.2, -0.15) is 0 Å². The molecule has 140 valence electrons. The minimum absolute atomic E-state index is 0.00760. The summed E-state index contributed by atoms with van der Waals surface area (Å²) in [6, 6.07) is 24.2. The van der Waals surface area contributed by atoms with Crippen molar-refractivity contribution in [1.82, 2.24) is 5.32 Å². The Kier molecular flexibility index (Phi) is 6.97. The third-order valence-electron chi connectivity index (χ3n) is 4.68. The molecule has 3 aromatic carbocycles. The van der Waals surface area contributed by atoms with E-state index in [0.29, 0.717) is 6.54 Å². The van der Waals surface area contributed by atoms with Crippen LogP contribution in [0.5, 0.6) is 0 Å². The number of rotatable bonds is 9. The second-order valence-corrected chi connectivity index (χ2v) is 6.72. The van der Waals surface area contributed by atoms with Gasteiger partial charge in [0, 0.05) is 5.69 Å². The summed E-state index contributed by atoms with van der Waals surface area (Å²) >= 11 is 0. The lowest BCUT2D eigenvalue weighted by Crippen LogP contribution is -2.41. The average molecular weight is 361 g/mol. The summed E-state index contributed by atoms with van der Waals surface area (Å²) in [5.41, 5.74) is 7.73. The standard InChI is InChI=1S/C23H27N3O/c24-15-6-11-22(25-16-14-18-7-2-1-3-8-18)23(27)26-21-13-12-19-9-4-5-10-20(19)17-21/h1-5,7-10,12-13,17,22,25H,6,11,14-16,24H2,(H,26,27)/t22-/m0/s1. The summed E-state index contributed by atoms with van der Waals surface area (Å²) in [4.78, 5) is 12.8. The van der Waals surface area contributed by atoms with Gasteiger partial charge in [-0.05, 0) is 60.8 Å². The lowest BCUT2D eigenvalue weighted by Gasteiger charge is -2.18. The predicted molar refractivity (Wildman–Crippen MR) is 113 cm³/mol. The van der Waals surface area contributed by atoms with Crippen LogP contribution < -0.4 is 16.4 Å². The molecule has 3 rings (SSSR count). The van der Waals surface area contributed by atoms with Crippen molar-refractivity contribution < 1.29 is 4.79 Å². The summed E-state index contributed by atoms with van der Waals surface area (Å²) in [7, 11) is 0. The van der Waals surface area contributed by atoms with Crippen LogP contribution in [0.2, 0.25) is 0 Å². The van der Waals surface area contributed by atoms with Gasteiger partial charge in [-0.3, -0.25) is 4.79 Å². The maximum atomic E-state index is 12.8. The molecule has 4 heteroatoms. The minimum Gasteiger partial charge on any atom is -0.330 e. The van der Waals surface area contributed by atoms with Crippen molar-refractivity contribution in [1.29, 1.82) is 0 Å². The van der Waals surface area contributed by atoms with E-state index in [1.807, 2.05) is 48.5 Å². The molecule has 0 aromatic heterocycles. The minimum atomic E-state index is -0.247. The maximum absolute atomic E-state index is 12.8. The van der Waals surface area contributed by atoms with Gasteiger partial charge in [-0.25, -0.2) is 0 Å². The first-order chi connectivity index (χ1) is 13.3. The number of hydrogen-bond acceptors (Lipinski definition) is 3. The number of amides is 1. The van der Waals surface area contributed by atoms with Crippen molar-refractivity contribution >= 4 is 22.4 Å².